The van der Waals surface area contributed by atoms with E-state index in [9.17, 15) is 5.11 Å². The van der Waals surface area contributed by atoms with Crippen LogP contribution in [0.25, 0.3) is 0 Å². The van der Waals surface area contributed by atoms with Gasteiger partial charge in [0, 0.05) is 0 Å². The summed E-state index contributed by atoms with van der Waals surface area (Å²) < 4.78 is 0. The molecule has 0 atom stereocenters. The van der Waals surface area contributed by atoms with E-state index >= 15 is 0 Å². The fourth-order valence-corrected chi connectivity index (χ4v) is 3.15. The van der Waals surface area contributed by atoms with Gasteiger partial charge in [-0.1, -0.05) is 64.3 Å². The van der Waals surface area contributed by atoms with E-state index in [1.54, 1.807) is 6.07 Å². The highest BCUT2D eigenvalue weighted by Gasteiger charge is 2.00. The van der Waals surface area contributed by atoms with E-state index in [4.69, 9.17) is 0 Å². The van der Waals surface area contributed by atoms with Crippen molar-refractivity contribution in [3.8, 4) is 5.75 Å². The minimum atomic E-state index is 0.398. The van der Waals surface area contributed by atoms with Gasteiger partial charge in [-0.25, -0.2) is 0 Å². The number of hydrogen-bond acceptors (Lipinski definition) is 1. The number of aromatic hydroxyl groups is 1. The smallest absolute Gasteiger partial charge is 0.119 e. The SMILES string of the molecule is CC(C)=CCC/C(C)=C/CC/C(C)=C/CC/C(C)=C/Cc1cc(C)ccc1O. The molecule has 0 aromatic heterocycles. The Balaban J connectivity index is 2.34. The Labute approximate surface area is 173 Å². The lowest BCUT2D eigenvalue weighted by molar-refractivity contribution is 0.469. The Morgan fingerprint density at radius 1 is 0.750 bits per heavy atom. The van der Waals surface area contributed by atoms with Gasteiger partial charge in [-0.3, -0.25) is 0 Å². The minimum Gasteiger partial charge on any atom is -0.508 e. The van der Waals surface area contributed by atoms with Crippen molar-refractivity contribution >= 4 is 0 Å². The molecule has 1 aromatic rings. The highest BCUT2D eigenvalue weighted by Crippen LogP contribution is 2.20. The van der Waals surface area contributed by atoms with Crippen LogP contribution in [0.2, 0.25) is 0 Å². The number of phenolic OH excluding ortho intramolecular Hbond substituents is 1. The van der Waals surface area contributed by atoms with Crippen LogP contribution in [0.3, 0.4) is 0 Å². The van der Waals surface area contributed by atoms with Gasteiger partial charge < -0.3 is 5.11 Å². The van der Waals surface area contributed by atoms with E-state index < -0.39 is 0 Å². The molecule has 1 heteroatoms. The average molecular weight is 381 g/mol. The first-order chi connectivity index (χ1) is 13.3. The molecule has 154 valence electrons. The lowest BCUT2D eigenvalue weighted by Crippen LogP contribution is -1.87. The topological polar surface area (TPSA) is 20.2 Å². The normalized spacial score (nSPS) is 13.0. The summed E-state index contributed by atoms with van der Waals surface area (Å²) in [5, 5.41) is 9.94. The van der Waals surface area contributed by atoms with Crippen molar-refractivity contribution in [3.05, 3.63) is 75.9 Å². The molecular formula is C27H40O. The zero-order valence-electron chi connectivity index (χ0n) is 18.9. The summed E-state index contributed by atoms with van der Waals surface area (Å²) in [6, 6.07) is 5.80. The molecule has 0 saturated heterocycles. The summed E-state index contributed by atoms with van der Waals surface area (Å²) in [6.45, 7) is 13.1. The number of hydrogen-bond donors (Lipinski definition) is 1. The van der Waals surface area contributed by atoms with Gasteiger partial charge in [-0.15, -0.1) is 0 Å². The summed E-state index contributed by atoms with van der Waals surface area (Å²) in [4.78, 5) is 0. The summed E-state index contributed by atoms with van der Waals surface area (Å²) >= 11 is 0. The average Bonchev–Trinajstić information content (AvgIpc) is 2.62. The van der Waals surface area contributed by atoms with Crippen LogP contribution in [0.15, 0.2) is 64.8 Å². The predicted octanol–water partition coefficient (Wildman–Crippen LogP) is 8.39. The Hall–Kier alpha value is -2.02. The molecular weight excluding hydrogens is 340 g/mol. The molecule has 0 unspecified atom stereocenters. The molecule has 1 aromatic carbocycles. The van der Waals surface area contributed by atoms with Gasteiger partial charge in [0.05, 0.1) is 0 Å². The Morgan fingerprint density at radius 2 is 1.25 bits per heavy atom. The molecule has 0 amide bonds. The van der Waals surface area contributed by atoms with Gasteiger partial charge in [0.2, 0.25) is 0 Å². The standard InChI is InChI=1S/C27H40O/c1-21(2)10-7-11-22(3)12-8-13-23(4)14-9-15-24(5)16-18-26-20-25(6)17-19-27(26)28/h10,12,14,16-17,19-20,28H,7-9,11,13,15,18H2,1-6H3/b22-12+,23-14+,24-16+. The summed E-state index contributed by atoms with van der Waals surface area (Å²) in [5.41, 5.74) is 7.99. The van der Waals surface area contributed by atoms with E-state index in [0.29, 0.717) is 5.75 Å². The second-order valence-corrected chi connectivity index (χ2v) is 8.39. The van der Waals surface area contributed by atoms with Crippen LogP contribution in [0, 0.1) is 6.92 Å². The minimum absolute atomic E-state index is 0.398. The van der Waals surface area contributed by atoms with Crippen LogP contribution < -0.4 is 0 Å². The first kappa shape index (κ1) is 24.0. The molecule has 1 N–H and O–H groups in total. The van der Waals surface area contributed by atoms with Crippen molar-refractivity contribution < 1.29 is 5.11 Å². The van der Waals surface area contributed by atoms with Crippen LogP contribution in [0.4, 0.5) is 0 Å². The van der Waals surface area contributed by atoms with E-state index in [1.807, 2.05) is 6.07 Å². The maximum absolute atomic E-state index is 9.94. The lowest BCUT2D eigenvalue weighted by atomic mass is 10.0. The zero-order chi connectivity index (χ0) is 20.9. The number of phenols is 1. The third-order valence-corrected chi connectivity index (χ3v) is 5.06. The maximum atomic E-state index is 9.94. The third kappa shape index (κ3) is 11.0. The van der Waals surface area contributed by atoms with E-state index in [1.165, 1.54) is 34.3 Å². The van der Waals surface area contributed by atoms with Crippen molar-refractivity contribution in [1.82, 2.24) is 0 Å². The highest BCUT2D eigenvalue weighted by atomic mass is 16.3. The Morgan fingerprint density at radius 3 is 1.79 bits per heavy atom. The van der Waals surface area contributed by atoms with Crippen LogP contribution in [0.1, 0.15) is 84.3 Å². The molecule has 0 saturated carbocycles. The molecule has 0 radical (unpaired) electrons. The predicted molar refractivity (Wildman–Crippen MR) is 125 cm³/mol. The third-order valence-electron chi connectivity index (χ3n) is 5.06. The van der Waals surface area contributed by atoms with Crippen LogP contribution in [-0.2, 0) is 6.42 Å². The quantitative estimate of drug-likeness (QED) is 0.382. The van der Waals surface area contributed by atoms with Gasteiger partial charge in [-0.2, -0.15) is 0 Å². The molecule has 0 bridgehead atoms. The van der Waals surface area contributed by atoms with Crippen molar-refractivity contribution in [1.29, 1.82) is 0 Å². The molecule has 0 heterocycles. The number of benzene rings is 1. The van der Waals surface area contributed by atoms with E-state index in [0.717, 1.165) is 44.1 Å². The van der Waals surface area contributed by atoms with Gasteiger partial charge in [0.25, 0.3) is 0 Å². The lowest BCUT2D eigenvalue weighted by Gasteiger charge is -2.05. The van der Waals surface area contributed by atoms with Gasteiger partial charge in [-0.05, 0) is 98.1 Å². The fraction of sp³-hybridized carbons (Fsp3) is 0.481. The molecule has 0 aliphatic heterocycles. The Bertz CT molecular complexity index is 725. The van der Waals surface area contributed by atoms with Crippen LogP contribution in [-0.4, -0.2) is 5.11 Å². The van der Waals surface area contributed by atoms with Crippen molar-refractivity contribution in [3.63, 3.8) is 0 Å². The maximum Gasteiger partial charge on any atom is 0.119 e. The summed E-state index contributed by atoms with van der Waals surface area (Å²) in [6.07, 6.45) is 17.0. The second kappa shape index (κ2) is 13.2. The van der Waals surface area contributed by atoms with Crippen molar-refractivity contribution in [2.45, 2.75) is 86.5 Å². The van der Waals surface area contributed by atoms with Gasteiger partial charge in [0.1, 0.15) is 5.75 Å². The number of aryl methyl sites for hydroxylation is 1. The van der Waals surface area contributed by atoms with Crippen LogP contribution >= 0.6 is 0 Å². The van der Waals surface area contributed by atoms with E-state index in [2.05, 4.69) is 71.9 Å². The zero-order valence-corrected chi connectivity index (χ0v) is 18.9. The highest BCUT2D eigenvalue weighted by molar-refractivity contribution is 5.37. The molecule has 1 rings (SSSR count). The van der Waals surface area contributed by atoms with Gasteiger partial charge >= 0.3 is 0 Å². The molecule has 0 fully saturated rings. The monoisotopic (exact) mass is 380 g/mol. The Kier molecular flexibility index (Phi) is 11.3. The summed E-state index contributed by atoms with van der Waals surface area (Å²) in [5.74, 6) is 0.398. The number of allylic oxidation sites excluding steroid dienone is 8. The molecule has 28 heavy (non-hydrogen) atoms. The second-order valence-electron chi connectivity index (χ2n) is 8.39. The van der Waals surface area contributed by atoms with Crippen molar-refractivity contribution in [2.24, 2.45) is 0 Å². The summed E-state index contributed by atoms with van der Waals surface area (Å²) in [7, 11) is 0. The largest absolute Gasteiger partial charge is 0.508 e. The molecule has 0 spiro atoms. The first-order valence-electron chi connectivity index (χ1n) is 10.7. The molecule has 0 aliphatic carbocycles. The first-order valence-corrected chi connectivity index (χ1v) is 10.7. The fourth-order valence-electron chi connectivity index (χ4n) is 3.15. The molecule has 0 aliphatic rings. The van der Waals surface area contributed by atoms with Crippen molar-refractivity contribution in [2.75, 3.05) is 0 Å². The van der Waals surface area contributed by atoms with Gasteiger partial charge in [0.15, 0.2) is 0 Å². The number of rotatable bonds is 11. The molecule has 1 nitrogen and oxygen atoms in total. The van der Waals surface area contributed by atoms with E-state index in [-0.39, 0.29) is 0 Å². The van der Waals surface area contributed by atoms with Crippen LogP contribution in [0.5, 0.6) is 5.75 Å².